The van der Waals surface area contributed by atoms with Gasteiger partial charge in [-0.05, 0) is 12.1 Å². The zero-order chi connectivity index (χ0) is 16.5. The first kappa shape index (κ1) is 14.6. The molecule has 122 valence electrons. The Morgan fingerprint density at radius 3 is 2.83 bits per heavy atom. The first-order chi connectivity index (χ1) is 11.7. The van der Waals surface area contributed by atoms with Crippen LogP contribution < -0.4 is 5.73 Å². The Morgan fingerprint density at radius 2 is 2.12 bits per heavy atom. The molecule has 0 saturated carbocycles. The Morgan fingerprint density at radius 1 is 1.29 bits per heavy atom. The number of nitrogens with zero attached hydrogens (tertiary/aromatic N) is 3. The minimum Gasteiger partial charge on any atom is -0.366 e. The number of aromatic nitrogens is 4. The summed E-state index contributed by atoms with van der Waals surface area (Å²) < 4.78 is 0. The number of carbonyl (C=O) groups excluding carboxylic acids is 1. The fraction of sp³-hybridized carbons (Fsp3) is 0.235. The Balaban J connectivity index is 1.52. The molecule has 0 bridgehead atoms. The Hall–Kier alpha value is -2.93. The summed E-state index contributed by atoms with van der Waals surface area (Å²) in [6.07, 6.45) is 4.47. The molecule has 1 amide bonds. The van der Waals surface area contributed by atoms with Crippen LogP contribution in [-0.2, 0) is 19.5 Å². The van der Waals surface area contributed by atoms with E-state index in [0.717, 1.165) is 54.5 Å². The quantitative estimate of drug-likeness (QED) is 0.676. The third kappa shape index (κ3) is 2.81. The van der Waals surface area contributed by atoms with Gasteiger partial charge in [-0.1, -0.05) is 12.1 Å². The predicted octanol–water partition coefficient (Wildman–Crippen LogP) is 1.46. The molecule has 4 N–H and O–H groups in total. The number of H-pyrrole nitrogens is 2. The molecule has 0 unspecified atom stereocenters. The average molecular weight is 322 g/mol. The Kier molecular flexibility index (Phi) is 3.62. The normalized spacial score (nSPS) is 14.5. The largest absolute Gasteiger partial charge is 0.366 e. The molecule has 7 heteroatoms. The lowest BCUT2D eigenvalue weighted by Gasteiger charge is -2.25. The third-order valence-corrected chi connectivity index (χ3v) is 4.30. The molecular weight excluding hydrogens is 304 g/mol. The number of hydrogen-bond donors (Lipinski definition) is 3. The van der Waals surface area contributed by atoms with Crippen molar-refractivity contribution in [1.29, 1.82) is 0 Å². The second kappa shape index (κ2) is 5.93. The highest BCUT2D eigenvalue weighted by Gasteiger charge is 2.21. The molecule has 3 aromatic rings. The van der Waals surface area contributed by atoms with Crippen molar-refractivity contribution in [1.82, 2.24) is 24.8 Å². The number of hydrogen-bond acceptors (Lipinski definition) is 4. The lowest BCUT2D eigenvalue weighted by Crippen LogP contribution is -2.30. The van der Waals surface area contributed by atoms with Gasteiger partial charge in [0.15, 0.2) is 0 Å². The highest BCUT2D eigenvalue weighted by Crippen LogP contribution is 2.23. The van der Waals surface area contributed by atoms with E-state index >= 15 is 0 Å². The molecule has 1 aromatic carbocycles. The van der Waals surface area contributed by atoms with Gasteiger partial charge >= 0.3 is 0 Å². The number of rotatable bonds is 4. The maximum Gasteiger partial charge on any atom is 0.248 e. The summed E-state index contributed by atoms with van der Waals surface area (Å²) >= 11 is 0. The fourth-order valence-corrected chi connectivity index (χ4v) is 3.03. The van der Waals surface area contributed by atoms with Gasteiger partial charge in [0.2, 0.25) is 5.91 Å². The van der Waals surface area contributed by atoms with Crippen LogP contribution in [0.15, 0.2) is 36.8 Å². The second-order valence-corrected chi connectivity index (χ2v) is 5.99. The van der Waals surface area contributed by atoms with Crippen molar-refractivity contribution >= 4 is 5.91 Å². The van der Waals surface area contributed by atoms with Gasteiger partial charge in [-0.25, -0.2) is 9.97 Å². The highest BCUT2D eigenvalue weighted by atomic mass is 16.1. The van der Waals surface area contributed by atoms with Gasteiger partial charge in [-0.3, -0.25) is 9.69 Å². The van der Waals surface area contributed by atoms with Crippen molar-refractivity contribution in [2.75, 3.05) is 6.54 Å². The summed E-state index contributed by atoms with van der Waals surface area (Å²) in [5.41, 5.74) is 10.1. The minimum atomic E-state index is -0.422. The molecule has 1 aliphatic rings. The van der Waals surface area contributed by atoms with E-state index in [9.17, 15) is 4.79 Å². The van der Waals surface area contributed by atoms with Gasteiger partial charge in [-0.15, -0.1) is 0 Å². The fourth-order valence-electron chi connectivity index (χ4n) is 3.03. The molecule has 0 fully saturated rings. The van der Waals surface area contributed by atoms with Crippen LogP contribution in [0.2, 0.25) is 0 Å². The van der Waals surface area contributed by atoms with E-state index in [4.69, 9.17) is 10.7 Å². The molecule has 2 aromatic heterocycles. The van der Waals surface area contributed by atoms with Crippen LogP contribution in [-0.4, -0.2) is 37.3 Å². The summed E-state index contributed by atoms with van der Waals surface area (Å²) in [6, 6.07) is 7.19. The smallest absolute Gasteiger partial charge is 0.248 e. The van der Waals surface area contributed by atoms with Crippen molar-refractivity contribution in [2.45, 2.75) is 19.5 Å². The topological polar surface area (TPSA) is 104 Å². The first-order valence-corrected chi connectivity index (χ1v) is 7.86. The molecule has 0 radical (unpaired) electrons. The van der Waals surface area contributed by atoms with Crippen molar-refractivity contribution in [3.8, 4) is 11.4 Å². The number of aromatic amines is 2. The highest BCUT2D eigenvalue weighted by molar-refractivity contribution is 5.93. The molecule has 1 aliphatic heterocycles. The van der Waals surface area contributed by atoms with Crippen molar-refractivity contribution in [2.24, 2.45) is 5.73 Å². The number of amides is 1. The van der Waals surface area contributed by atoms with Gasteiger partial charge in [0, 0.05) is 49.1 Å². The van der Waals surface area contributed by atoms with Crippen LogP contribution in [0.5, 0.6) is 0 Å². The van der Waals surface area contributed by atoms with Crippen LogP contribution in [0.1, 0.15) is 27.4 Å². The van der Waals surface area contributed by atoms with Crippen LogP contribution in [0, 0.1) is 0 Å². The standard InChI is InChI=1S/C17H18N6O/c18-16(24)11-1-3-12(4-2-11)17-21-14-5-6-23(9-15(14)22-17)8-13-7-19-10-20-13/h1-4,7,10H,5-6,8-9H2,(H2,18,24)(H,19,20)(H,21,22). The van der Waals surface area contributed by atoms with Gasteiger partial charge < -0.3 is 15.7 Å². The minimum absolute atomic E-state index is 0.422. The van der Waals surface area contributed by atoms with Gasteiger partial charge in [0.25, 0.3) is 0 Å². The molecule has 3 heterocycles. The van der Waals surface area contributed by atoms with Gasteiger partial charge in [0.05, 0.1) is 17.7 Å². The molecule has 0 aliphatic carbocycles. The molecule has 4 rings (SSSR count). The zero-order valence-corrected chi connectivity index (χ0v) is 13.1. The van der Waals surface area contributed by atoms with Crippen LogP contribution >= 0.6 is 0 Å². The number of benzene rings is 1. The lowest BCUT2D eigenvalue weighted by molar-refractivity contribution is 0.100. The number of nitrogens with one attached hydrogen (secondary N) is 2. The Bertz CT molecular complexity index is 850. The van der Waals surface area contributed by atoms with Crippen molar-refractivity contribution < 1.29 is 4.79 Å². The summed E-state index contributed by atoms with van der Waals surface area (Å²) in [4.78, 5) is 28.8. The van der Waals surface area contributed by atoms with Gasteiger partial charge in [0.1, 0.15) is 5.82 Å². The molecule has 0 spiro atoms. The monoisotopic (exact) mass is 322 g/mol. The molecule has 24 heavy (non-hydrogen) atoms. The molecule has 7 nitrogen and oxygen atoms in total. The van der Waals surface area contributed by atoms with E-state index in [0.29, 0.717) is 5.56 Å². The number of nitrogens with two attached hydrogens (primary N) is 1. The third-order valence-electron chi connectivity index (χ3n) is 4.30. The zero-order valence-electron chi connectivity index (χ0n) is 13.1. The van der Waals surface area contributed by atoms with E-state index in [-0.39, 0.29) is 0 Å². The lowest BCUT2D eigenvalue weighted by atomic mass is 10.1. The molecular formula is C17H18N6O. The van der Waals surface area contributed by atoms with Gasteiger partial charge in [-0.2, -0.15) is 0 Å². The van der Waals surface area contributed by atoms with Crippen molar-refractivity contribution in [3.63, 3.8) is 0 Å². The summed E-state index contributed by atoms with van der Waals surface area (Å²) in [7, 11) is 0. The average Bonchev–Trinajstić information content (AvgIpc) is 3.24. The summed E-state index contributed by atoms with van der Waals surface area (Å²) in [6.45, 7) is 2.65. The molecule has 0 atom stereocenters. The number of primary amides is 1. The number of carbonyl (C=O) groups is 1. The van der Waals surface area contributed by atoms with Crippen LogP contribution in [0.25, 0.3) is 11.4 Å². The number of imidazole rings is 2. The maximum absolute atomic E-state index is 11.2. The van der Waals surface area contributed by atoms with Crippen LogP contribution in [0.4, 0.5) is 0 Å². The van der Waals surface area contributed by atoms with Crippen molar-refractivity contribution in [3.05, 3.63) is 59.4 Å². The van der Waals surface area contributed by atoms with E-state index in [1.807, 2.05) is 18.3 Å². The Labute approximate surface area is 138 Å². The van der Waals surface area contributed by atoms with Crippen LogP contribution in [0.3, 0.4) is 0 Å². The number of fused-ring (bicyclic) bond motifs is 1. The first-order valence-electron chi connectivity index (χ1n) is 7.86. The summed E-state index contributed by atoms with van der Waals surface area (Å²) in [5, 5.41) is 0. The SMILES string of the molecule is NC(=O)c1ccc(-c2nc3c([nH]2)CN(Cc2cnc[nH]2)CC3)cc1. The van der Waals surface area contributed by atoms with E-state index in [1.165, 1.54) is 0 Å². The van der Waals surface area contributed by atoms with E-state index in [2.05, 4.69) is 19.9 Å². The maximum atomic E-state index is 11.2. The summed E-state index contributed by atoms with van der Waals surface area (Å²) in [5.74, 6) is 0.411. The molecule has 0 saturated heterocycles. The predicted molar refractivity (Wildman–Crippen MR) is 88.9 cm³/mol. The second-order valence-electron chi connectivity index (χ2n) is 5.99. The van der Waals surface area contributed by atoms with E-state index in [1.54, 1.807) is 18.5 Å². The van der Waals surface area contributed by atoms with E-state index < -0.39 is 5.91 Å².